The lowest BCUT2D eigenvalue weighted by atomic mass is 9.99. The van der Waals surface area contributed by atoms with Crippen LogP contribution in [0.3, 0.4) is 0 Å². The number of hydrogen-bond donors (Lipinski definition) is 1. The molecule has 0 bridgehead atoms. The Morgan fingerprint density at radius 3 is 2.26 bits per heavy atom. The highest BCUT2D eigenvalue weighted by Gasteiger charge is 2.38. The summed E-state index contributed by atoms with van der Waals surface area (Å²) < 4.78 is 5.43. The van der Waals surface area contributed by atoms with E-state index in [0.717, 1.165) is 35.7 Å². The van der Waals surface area contributed by atoms with Crippen molar-refractivity contribution in [2.75, 3.05) is 42.3 Å². The summed E-state index contributed by atoms with van der Waals surface area (Å²) in [5, 5.41) is 4.15. The summed E-state index contributed by atoms with van der Waals surface area (Å²) in [6.07, 6.45) is 0. The van der Waals surface area contributed by atoms with Crippen molar-refractivity contribution >= 4 is 46.6 Å². The van der Waals surface area contributed by atoms with E-state index in [1.54, 1.807) is 30.9 Å². The van der Waals surface area contributed by atoms with Gasteiger partial charge in [0.05, 0.1) is 19.0 Å². The number of thioether (sulfide) groups is 1. The lowest BCUT2D eigenvalue weighted by Crippen LogP contribution is -2.55. The number of amides is 2. The number of hydrogen-bond acceptors (Lipinski definition) is 7. The highest BCUT2D eigenvalue weighted by molar-refractivity contribution is 7.99. The molecule has 1 aromatic heterocycles. The molecule has 0 radical (unpaired) electrons. The van der Waals surface area contributed by atoms with Crippen LogP contribution in [0.4, 0.5) is 11.4 Å². The van der Waals surface area contributed by atoms with E-state index < -0.39 is 5.54 Å². The van der Waals surface area contributed by atoms with Crippen LogP contribution in [-0.4, -0.2) is 64.3 Å². The maximum atomic E-state index is 13.6. The van der Waals surface area contributed by atoms with E-state index in [0.29, 0.717) is 29.1 Å². The molecule has 10 heteroatoms. The number of rotatable bonds is 9. The largest absolute Gasteiger partial charge is 0.378 e. The van der Waals surface area contributed by atoms with Crippen molar-refractivity contribution in [2.24, 2.45) is 0 Å². The summed E-state index contributed by atoms with van der Waals surface area (Å²) in [5.74, 6) is -0.376. The minimum Gasteiger partial charge on any atom is -0.378 e. The van der Waals surface area contributed by atoms with Crippen molar-refractivity contribution in [2.45, 2.75) is 44.9 Å². The van der Waals surface area contributed by atoms with Gasteiger partial charge in [-0.3, -0.25) is 9.59 Å². The first kappa shape index (κ1) is 28.9. The molecule has 1 saturated heterocycles. The van der Waals surface area contributed by atoms with E-state index in [1.165, 1.54) is 11.8 Å². The Bertz CT molecular complexity index is 1280. The van der Waals surface area contributed by atoms with Crippen LogP contribution in [0.5, 0.6) is 0 Å². The second-order valence-corrected chi connectivity index (χ2v) is 11.4. The molecule has 39 heavy (non-hydrogen) atoms. The van der Waals surface area contributed by atoms with Gasteiger partial charge < -0.3 is 19.9 Å². The van der Waals surface area contributed by atoms with Crippen molar-refractivity contribution in [1.82, 2.24) is 14.9 Å². The third-order valence-electron chi connectivity index (χ3n) is 6.57. The van der Waals surface area contributed by atoms with Crippen LogP contribution >= 0.6 is 23.4 Å². The van der Waals surface area contributed by atoms with Gasteiger partial charge in [0.2, 0.25) is 11.8 Å². The summed E-state index contributed by atoms with van der Waals surface area (Å²) >= 11 is 7.34. The Morgan fingerprint density at radius 1 is 1.03 bits per heavy atom. The number of carbonyl (C=O) groups excluding carboxylic acids is 2. The molecule has 0 saturated carbocycles. The predicted octanol–water partition coefficient (Wildman–Crippen LogP) is 5.12. The molecule has 1 aliphatic heterocycles. The van der Waals surface area contributed by atoms with Crippen molar-refractivity contribution in [3.05, 3.63) is 76.6 Å². The second kappa shape index (κ2) is 12.8. The minimum absolute atomic E-state index is 0.0986. The molecule has 1 aliphatic rings. The normalized spacial score (nSPS) is 13.7. The number of aromatic nitrogens is 2. The molecule has 0 atom stereocenters. The Labute approximate surface area is 239 Å². The smallest absolute Gasteiger partial charge is 0.249 e. The summed E-state index contributed by atoms with van der Waals surface area (Å²) in [4.78, 5) is 39.9. The number of ether oxygens (including phenoxy) is 1. The van der Waals surface area contributed by atoms with E-state index in [2.05, 4.69) is 20.2 Å². The Kier molecular flexibility index (Phi) is 9.48. The summed E-state index contributed by atoms with van der Waals surface area (Å²) in [6, 6.07) is 16.9. The van der Waals surface area contributed by atoms with Gasteiger partial charge in [0, 0.05) is 47.4 Å². The number of anilines is 2. The molecule has 4 rings (SSSR count). The molecular formula is C29H34ClN5O3S. The molecule has 1 fully saturated rings. The molecule has 0 spiro atoms. The SMILES string of the molecule is Cc1cc(C)nc(SCC(=O)N(Cc2ccc(Cl)cc2)C(C)(C)C(=O)Nc2ccc(N3CCOCC3)cc2)n1. The highest BCUT2D eigenvalue weighted by Crippen LogP contribution is 2.26. The predicted molar refractivity (Wildman–Crippen MR) is 156 cm³/mol. The molecule has 2 amide bonds. The zero-order valence-electron chi connectivity index (χ0n) is 22.7. The Balaban J connectivity index is 1.50. The standard InChI is InChI=1S/C29H34ClN5O3S/c1-20-17-21(2)32-28(31-20)39-19-26(36)35(18-22-5-7-23(30)8-6-22)29(3,4)27(37)33-24-9-11-25(12-10-24)34-13-15-38-16-14-34/h5-12,17H,13-16,18-19H2,1-4H3,(H,33,37). The molecule has 2 aromatic carbocycles. The van der Waals surface area contributed by atoms with Crippen molar-refractivity contribution < 1.29 is 14.3 Å². The fraction of sp³-hybridized carbons (Fsp3) is 0.379. The van der Waals surface area contributed by atoms with Gasteiger partial charge in [0.1, 0.15) is 5.54 Å². The maximum absolute atomic E-state index is 13.6. The summed E-state index contributed by atoms with van der Waals surface area (Å²) in [6.45, 7) is 10.7. The number of nitrogens with one attached hydrogen (secondary N) is 1. The molecule has 0 aliphatic carbocycles. The highest BCUT2D eigenvalue weighted by atomic mass is 35.5. The quantitative estimate of drug-likeness (QED) is 0.283. The summed E-state index contributed by atoms with van der Waals surface area (Å²) in [5.41, 5.74) is 3.16. The van der Waals surface area contributed by atoms with Gasteiger partial charge in [0.15, 0.2) is 5.16 Å². The fourth-order valence-electron chi connectivity index (χ4n) is 4.32. The van der Waals surface area contributed by atoms with Crippen LogP contribution in [0.25, 0.3) is 0 Å². The van der Waals surface area contributed by atoms with Gasteiger partial charge in [-0.05, 0) is 75.7 Å². The molecule has 206 valence electrons. The van der Waals surface area contributed by atoms with Crippen LogP contribution in [-0.2, 0) is 20.9 Å². The van der Waals surface area contributed by atoms with Gasteiger partial charge in [-0.15, -0.1) is 0 Å². The maximum Gasteiger partial charge on any atom is 0.249 e. The van der Waals surface area contributed by atoms with E-state index in [-0.39, 0.29) is 24.1 Å². The van der Waals surface area contributed by atoms with Crippen molar-refractivity contribution in [3.8, 4) is 0 Å². The first-order valence-corrected chi connectivity index (χ1v) is 14.2. The van der Waals surface area contributed by atoms with Gasteiger partial charge in [0.25, 0.3) is 0 Å². The van der Waals surface area contributed by atoms with E-state index in [9.17, 15) is 9.59 Å². The molecule has 3 aromatic rings. The summed E-state index contributed by atoms with van der Waals surface area (Å²) in [7, 11) is 0. The van der Waals surface area contributed by atoms with Gasteiger partial charge in [-0.25, -0.2) is 9.97 Å². The van der Waals surface area contributed by atoms with Gasteiger partial charge in [-0.2, -0.15) is 0 Å². The average Bonchev–Trinajstić information content (AvgIpc) is 2.91. The molecular weight excluding hydrogens is 534 g/mol. The number of morpholine rings is 1. The van der Waals surface area contributed by atoms with Crippen LogP contribution in [0, 0.1) is 13.8 Å². The van der Waals surface area contributed by atoms with Crippen molar-refractivity contribution in [1.29, 1.82) is 0 Å². The number of aryl methyl sites for hydroxylation is 2. The first-order chi connectivity index (χ1) is 18.6. The lowest BCUT2D eigenvalue weighted by Gasteiger charge is -2.37. The Hall–Kier alpha value is -3.14. The molecule has 0 unspecified atom stereocenters. The number of carbonyl (C=O) groups is 2. The van der Waals surface area contributed by atoms with E-state index in [1.807, 2.05) is 56.3 Å². The molecule has 2 heterocycles. The zero-order chi connectivity index (χ0) is 28.0. The van der Waals surface area contributed by atoms with Crippen LogP contribution in [0.15, 0.2) is 59.8 Å². The third kappa shape index (κ3) is 7.71. The fourth-order valence-corrected chi connectivity index (χ4v) is 5.27. The third-order valence-corrected chi connectivity index (χ3v) is 7.66. The average molecular weight is 568 g/mol. The van der Waals surface area contributed by atoms with E-state index in [4.69, 9.17) is 16.3 Å². The topological polar surface area (TPSA) is 87.7 Å². The first-order valence-electron chi connectivity index (χ1n) is 12.9. The zero-order valence-corrected chi connectivity index (χ0v) is 24.3. The molecule has 8 nitrogen and oxygen atoms in total. The molecule has 1 N–H and O–H groups in total. The number of benzene rings is 2. The number of nitrogens with zero attached hydrogens (tertiary/aromatic N) is 4. The van der Waals surface area contributed by atoms with Crippen molar-refractivity contribution in [3.63, 3.8) is 0 Å². The lowest BCUT2D eigenvalue weighted by molar-refractivity contribution is -0.142. The Morgan fingerprint density at radius 2 is 1.64 bits per heavy atom. The monoisotopic (exact) mass is 567 g/mol. The van der Waals surface area contributed by atoms with Gasteiger partial charge >= 0.3 is 0 Å². The van der Waals surface area contributed by atoms with Crippen LogP contribution < -0.4 is 10.2 Å². The van der Waals surface area contributed by atoms with Crippen LogP contribution in [0.1, 0.15) is 30.8 Å². The van der Waals surface area contributed by atoms with Crippen LogP contribution in [0.2, 0.25) is 5.02 Å². The van der Waals surface area contributed by atoms with Gasteiger partial charge in [-0.1, -0.05) is 35.5 Å². The second-order valence-electron chi connectivity index (χ2n) is 9.99. The minimum atomic E-state index is -1.15. The van der Waals surface area contributed by atoms with E-state index >= 15 is 0 Å². The number of halogens is 1.